The van der Waals surface area contributed by atoms with Gasteiger partial charge in [0, 0.05) is 37.2 Å². The first kappa shape index (κ1) is 13.8. The number of piperazine rings is 1. The molecule has 100 valence electrons. The Kier molecular flexibility index (Phi) is 4.98. The Morgan fingerprint density at radius 1 is 1.50 bits per heavy atom. The van der Waals surface area contributed by atoms with Crippen LogP contribution in [-0.4, -0.2) is 30.6 Å². The summed E-state index contributed by atoms with van der Waals surface area (Å²) < 4.78 is 13.2. The molecule has 0 bridgehead atoms. The van der Waals surface area contributed by atoms with Crippen LogP contribution in [-0.2, 0) is 6.54 Å². The lowest BCUT2D eigenvalue weighted by molar-refractivity contribution is 0.187. The van der Waals surface area contributed by atoms with Crippen molar-refractivity contribution in [3.05, 3.63) is 34.6 Å². The molecule has 0 amide bonds. The molecule has 1 unspecified atom stereocenters. The summed E-state index contributed by atoms with van der Waals surface area (Å²) in [6.45, 7) is 5.94. The molecule has 1 atom stereocenters. The van der Waals surface area contributed by atoms with E-state index in [0.717, 1.165) is 31.7 Å². The summed E-state index contributed by atoms with van der Waals surface area (Å²) in [5, 5.41) is 4.17. The van der Waals surface area contributed by atoms with E-state index >= 15 is 0 Å². The second kappa shape index (κ2) is 6.50. The first-order valence-electron chi connectivity index (χ1n) is 6.58. The van der Waals surface area contributed by atoms with E-state index in [-0.39, 0.29) is 5.82 Å². The molecule has 0 radical (unpaired) electrons. The smallest absolute Gasteiger partial charge is 0.123 e. The summed E-state index contributed by atoms with van der Waals surface area (Å²) in [6.07, 6.45) is 2.37. The quantitative estimate of drug-likeness (QED) is 0.905. The van der Waals surface area contributed by atoms with Crippen molar-refractivity contribution >= 4 is 11.6 Å². The van der Waals surface area contributed by atoms with Crippen LogP contribution in [0.3, 0.4) is 0 Å². The van der Waals surface area contributed by atoms with Crippen molar-refractivity contribution in [1.82, 2.24) is 10.2 Å². The largest absolute Gasteiger partial charge is 0.311 e. The van der Waals surface area contributed by atoms with Gasteiger partial charge in [0.1, 0.15) is 5.82 Å². The van der Waals surface area contributed by atoms with Crippen molar-refractivity contribution in [3.8, 4) is 0 Å². The SMILES string of the molecule is CCCC1CN(Cc2cc(F)ccc2Cl)CCN1. The molecular weight excluding hydrogens is 251 g/mol. The molecule has 18 heavy (non-hydrogen) atoms. The number of benzene rings is 1. The number of hydrogen-bond acceptors (Lipinski definition) is 2. The Balaban J connectivity index is 1.98. The normalized spacial score (nSPS) is 21.2. The molecule has 0 spiro atoms. The van der Waals surface area contributed by atoms with E-state index in [9.17, 15) is 4.39 Å². The molecular formula is C14H20ClFN2. The summed E-state index contributed by atoms with van der Waals surface area (Å²) in [5.74, 6) is -0.213. The minimum absolute atomic E-state index is 0.213. The first-order valence-corrected chi connectivity index (χ1v) is 6.96. The van der Waals surface area contributed by atoms with Gasteiger partial charge in [-0.15, -0.1) is 0 Å². The molecule has 1 fully saturated rings. The highest BCUT2D eigenvalue weighted by molar-refractivity contribution is 6.31. The summed E-state index contributed by atoms with van der Waals surface area (Å²) in [7, 11) is 0. The maximum Gasteiger partial charge on any atom is 0.123 e. The van der Waals surface area contributed by atoms with Crippen LogP contribution >= 0.6 is 11.6 Å². The third kappa shape index (κ3) is 3.67. The van der Waals surface area contributed by atoms with E-state index < -0.39 is 0 Å². The van der Waals surface area contributed by atoms with Gasteiger partial charge in [-0.05, 0) is 30.2 Å². The van der Waals surface area contributed by atoms with E-state index in [1.807, 2.05) is 0 Å². The minimum atomic E-state index is -0.213. The van der Waals surface area contributed by atoms with Gasteiger partial charge in [-0.2, -0.15) is 0 Å². The predicted octanol–water partition coefficient (Wildman–Crippen LogP) is 3.05. The van der Waals surface area contributed by atoms with E-state index in [0.29, 0.717) is 11.1 Å². The van der Waals surface area contributed by atoms with Crippen LogP contribution in [0.15, 0.2) is 18.2 Å². The van der Waals surface area contributed by atoms with Crippen molar-refractivity contribution in [3.63, 3.8) is 0 Å². The predicted molar refractivity (Wildman–Crippen MR) is 73.4 cm³/mol. The molecule has 1 saturated heterocycles. The van der Waals surface area contributed by atoms with Crippen molar-refractivity contribution in [2.24, 2.45) is 0 Å². The van der Waals surface area contributed by atoms with Gasteiger partial charge in [0.2, 0.25) is 0 Å². The molecule has 1 aliphatic heterocycles. The zero-order valence-electron chi connectivity index (χ0n) is 10.8. The molecule has 1 aromatic carbocycles. The highest BCUT2D eigenvalue weighted by Crippen LogP contribution is 2.19. The average Bonchev–Trinajstić information content (AvgIpc) is 2.35. The Morgan fingerprint density at radius 2 is 2.33 bits per heavy atom. The van der Waals surface area contributed by atoms with Crippen LogP contribution < -0.4 is 5.32 Å². The summed E-state index contributed by atoms with van der Waals surface area (Å²) >= 11 is 6.10. The van der Waals surface area contributed by atoms with Crippen LogP contribution in [0, 0.1) is 5.82 Å². The lowest BCUT2D eigenvalue weighted by Crippen LogP contribution is -2.50. The molecule has 1 N–H and O–H groups in total. The number of nitrogens with one attached hydrogen (secondary N) is 1. The van der Waals surface area contributed by atoms with Crippen molar-refractivity contribution in [1.29, 1.82) is 0 Å². The number of rotatable bonds is 4. The van der Waals surface area contributed by atoms with Crippen LogP contribution in [0.4, 0.5) is 4.39 Å². The Morgan fingerprint density at radius 3 is 3.11 bits per heavy atom. The third-order valence-corrected chi connectivity index (χ3v) is 3.75. The van der Waals surface area contributed by atoms with Gasteiger partial charge in [-0.3, -0.25) is 4.90 Å². The zero-order chi connectivity index (χ0) is 13.0. The Hall–Kier alpha value is -0.640. The van der Waals surface area contributed by atoms with Gasteiger partial charge in [-0.25, -0.2) is 4.39 Å². The molecule has 2 nitrogen and oxygen atoms in total. The van der Waals surface area contributed by atoms with Gasteiger partial charge in [0.05, 0.1) is 0 Å². The third-order valence-electron chi connectivity index (χ3n) is 3.38. The number of hydrogen-bond donors (Lipinski definition) is 1. The highest BCUT2D eigenvalue weighted by atomic mass is 35.5. The van der Waals surface area contributed by atoms with Gasteiger partial charge in [-0.1, -0.05) is 24.9 Å². The van der Waals surface area contributed by atoms with Crippen molar-refractivity contribution < 1.29 is 4.39 Å². The summed E-state index contributed by atoms with van der Waals surface area (Å²) in [4.78, 5) is 2.34. The van der Waals surface area contributed by atoms with Crippen LogP contribution in [0.25, 0.3) is 0 Å². The fourth-order valence-electron chi connectivity index (χ4n) is 2.49. The summed E-state index contributed by atoms with van der Waals surface area (Å²) in [5.41, 5.74) is 0.883. The zero-order valence-corrected chi connectivity index (χ0v) is 11.5. The number of nitrogens with zero attached hydrogens (tertiary/aromatic N) is 1. The minimum Gasteiger partial charge on any atom is -0.311 e. The molecule has 4 heteroatoms. The van der Waals surface area contributed by atoms with Crippen LogP contribution in [0.5, 0.6) is 0 Å². The second-order valence-electron chi connectivity index (χ2n) is 4.91. The highest BCUT2D eigenvalue weighted by Gasteiger charge is 2.19. The molecule has 1 heterocycles. The molecule has 0 saturated carbocycles. The van der Waals surface area contributed by atoms with E-state index in [4.69, 9.17) is 11.6 Å². The van der Waals surface area contributed by atoms with E-state index in [1.54, 1.807) is 12.1 Å². The van der Waals surface area contributed by atoms with Crippen molar-refractivity contribution in [2.75, 3.05) is 19.6 Å². The van der Waals surface area contributed by atoms with Gasteiger partial charge in [0.25, 0.3) is 0 Å². The average molecular weight is 271 g/mol. The molecule has 1 aromatic rings. The van der Waals surface area contributed by atoms with Gasteiger partial charge < -0.3 is 5.32 Å². The molecule has 0 aromatic heterocycles. The van der Waals surface area contributed by atoms with Crippen LogP contribution in [0.2, 0.25) is 5.02 Å². The van der Waals surface area contributed by atoms with Crippen LogP contribution in [0.1, 0.15) is 25.3 Å². The Bertz CT molecular complexity index is 395. The Labute approximate surface area is 113 Å². The standard InChI is InChI=1S/C14H20ClFN2/c1-2-3-13-10-18(7-6-17-13)9-11-8-12(16)4-5-14(11)15/h4-5,8,13,17H,2-3,6-7,9-10H2,1H3. The second-order valence-corrected chi connectivity index (χ2v) is 5.32. The van der Waals surface area contributed by atoms with E-state index in [2.05, 4.69) is 17.1 Å². The lowest BCUT2D eigenvalue weighted by Gasteiger charge is -2.33. The lowest BCUT2D eigenvalue weighted by atomic mass is 10.1. The fraction of sp³-hybridized carbons (Fsp3) is 0.571. The fourth-order valence-corrected chi connectivity index (χ4v) is 2.66. The van der Waals surface area contributed by atoms with Gasteiger partial charge in [0.15, 0.2) is 0 Å². The maximum absolute atomic E-state index is 13.2. The number of halogens is 2. The monoisotopic (exact) mass is 270 g/mol. The first-order chi connectivity index (χ1) is 8.69. The summed E-state index contributed by atoms with van der Waals surface area (Å²) in [6, 6.07) is 5.14. The molecule has 0 aliphatic carbocycles. The maximum atomic E-state index is 13.2. The topological polar surface area (TPSA) is 15.3 Å². The molecule has 2 rings (SSSR count). The van der Waals surface area contributed by atoms with Crippen molar-refractivity contribution in [2.45, 2.75) is 32.4 Å². The molecule has 1 aliphatic rings. The van der Waals surface area contributed by atoms with Gasteiger partial charge >= 0.3 is 0 Å². The van der Waals surface area contributed by atoms with E-state index in [1.165, 1.54) is 18.9 Å².